The first-order valence-corrected chi connectivity index (χ1v) is 5.76. The molecule has 0 aromatic rings. The van der Waals surface area contributed by atoms with Crippen LogP contribution in [0.15, 0.2) is 34.6 Å². The van der Waals surface area contributed by atoms with Gasteiger partial charge in [-0.2, -0.15) is 0 Å². The van der Waals surface area contributed by atoms with Gasteiger partial charge in [-0.25, -0.2) is 8.42 Å². The Morgan fingerprint density at radius 3 is 2.23 bits per heavy atom. The summed E-state index contributed by atoms with van der Waals surface area (Å²) < 4.78 is 22.9. The third kappa shape index (κ3) is 4.15. The zero-order chi connectivity index (χ0) is 10.3. The van der Waals surface area contributed by atoms with Gasteiger partial charge in [0.2, 0.25) is 0 Å². The van der Waals surface area contributed by atoms with E-state index >= 15 is 0 Å². The van der Waals surface area contributed by atoms with E-state index in [0.29, 0.717) is 0 Å². The summed E-state index contributed by atoms with van der Waals surface area (Å²) in [6, 6.07) is 0. The molecule has 0 amide bonds. The van der Waals surface area contributed by atoms with E-state index in [1.807, 2.05) is 0 Å². The Morgan fingerprint density at radius 2 is 1.85 bits per heavy atom. The van der Waals surface area contributed by atoms with Crippen molar-refractivity contribution in [2.75, 3.05) is 0 Å². The molecule has 0 N–H and O–H groups in total. The Kier molecular flexibility index (Phi) is 5.50. The Balaban J connectivity index is 5.20. The molecule has 0 aliphatic heterocycles. The monoisotopic (exact) mass is 216 g/mol. The lowest BCUT2D eigenvalue weighted by Crippen LogP contribution is -1.97. The SMILES string of the molecule is C/C=C\C(=C/C=S)S(=O)(=O)/C=C/C. The van der Waals surface area contributed by atoms with Gasteiger partial charge in [0, 0.05) is 10.8 Å². The van der Waals surface area contributed by atoms with Crippen LogP contribution in [0, 0.1) is 0 Å². The van der Waals surface area contributed by atoms with Crippen LogP contribution in [0.2, 0.25) is 0 Å². The molecule has 0 saturated heterocycles. The zero-order valence-corrected chi connectivity index (χ0v) is 9.23. The van der Waals surface area contributed by atoms with Crippen molar-refractivity contribution in [2.45, 2.75) is 13.8 Å². The van der Waals surface area contributed by atoms with Crippen LogP contribution < -0.4 is 0 Å². The second kappa shape index (κ2) is 5.83. The lowest BCUT2D eigenvalue weighted by atomic mass is 10.4. The van der Waals surface area contributed by atoms with Gasteiger partial charge in [0.15, 0.2) is 9.84 Å². The molecular weight excluding hydrogens is 204 g/mol. The Morgan fingerprint density at radius 1 is 1.23 bits per heavy atom. The largest absolute Gasteiger partial charge is 0.219 e. The molecule has 0 fully saturated rings. The van der Waals surface area contributed by atoms with Gasteiger partial charge in [-0.1, -0.05) is 24.4 Å². The molecule has 0 aromatic carbocycles. The lowest BCUT2D eigenvalue weighted by molar-refractivity contribution is 0.611. The van der Waals surface area contributed by atoms with Crippen molar-refractivity contribution < 1.29 is 8.42 Å². The lowest BCUT2D eigenvalue weighted by Gasteiger charge is -1.96. The maximum absolute atomic E-state index is 11.4. The first-order valence-electron chi connectivity index (χ1n) is 3.74. The molecule has 0 atom stereocenters. The summed E-state index contributed by atoms with van der Waals surface area (Å²) in [5, 5.41) is 2.44. The van der Waals surface area contributed by atoms with Crippen molar-refractivity contribution >= 4 is 27.4 Å². The number of hydrogen-bond acceptors (Lipinski definition) is 3. The summed E-state index contributed by atoms with van der Waals surface area (Å²) >= 11 is 4.57. The van der Waals surface area contributed by atoms with Gasteiger partial charge < -0.3 is 0 Å². The molecule has 72 valence electrons. The summed E-state index contributed by atoms with van der Waals surface area (Å²) in [6.45, 7) is 3.41. The van der Waals surface area contributed by atoms with Gasteiger partial charge >= 0.3 is 0 Å². The van der Waals surface area contributed by atoms with E-state index in [-0.39, 0.29) is 4.91 Å². The van der Waals surface area contributed by atoms with Crippen LogP contribution in [-0.4, -0.2) is 13.8 Å². The summed E-state index contributed by atoms with van der Waals surface area (Å²) in [5.41, 5.74) is 0. The maximum atomic E-state index is 11.4. The Labute approximate surface area is 84.6 Å². The third-order valence-corrected chi connectivity index (χ3v) is 2.90. The first kappa shape index (κ1) is 12.3. The van der Waals surface area contributed by atoms with Crippen LogP contribution >= 0.6 is 12.2 Å². The molecule has 0 unspecified atom stereocenters. The minimum absolute atomic E-state index is 0.211. The van der Waals surface area contributed by atoms with Crippen LogP contribution in [0.5, 0.6) is 0 Å². The molecule has 13 heavy (non-hydrogen) atoms. The van der Waals surface area contributed by atoms with Crippen molar-refractivity contribution in [1.29, 1.82) is 0 Å². The van der Waals surface area contributed by atoms with Crippen molar-refractivity contribution in [1.82, 2.24) is 0 Å². The summed E-state index contributed by atoms with van der Waals surface area (Å²) in [6.07, 6.45) is 6.05. The van der Waals surface area contributed by atoms with Gasteiger partial charge in [0.1, 0.15) is 0 Å². The van der Waals surface area contributed by atoms with E-state index in [4.69, 9.17) is 0 Å². The van der Waals surface area contributed by atoms with Gasteiger partial charge in [-0.3, -0.25) is 0 Å². The van der Waals surface area contributed by atoms with E-state index in [1.165, 1.54) is 23.6 Å². The summed E-state index contributed by atoms with van der Waals surface area (Å²) in [7, 11) is -3.30. The Hall–Kier alpha value is -0.740. The number of sulfone groups is 1. The summed E-state index contributed by atoms with van der Waals surface area (Å²) in [4.78, 5) is 0.211. The minimum Gasteiger partial charge on any atom is -0.219 e. The fourth-order valence-corrected chi connectivity index (χ4v) is 2.07. The molecule has 0 aliphatic carbocycles. The molecule has 0 bridgehead atoms. The fourth-order valence-electron chi connectivity index (χ4n) is 0.734. The smallest absolute Gasteiger partial charge is 0.199 e. The van der Waals surface area contributed by atoms with Crippen molar-refractivity contribution in [3.8, 4) is 0 Å². The van der Waals surface area contributed by atoms with Crippen molar-refractivity contribution in [3.63, 3.8) is 0 Å². The van der Waals surface area contributed by atoms with Crippen LogP contribution in [0.25, 0.3) is 0 Å². The average Bonchev–Trinajstić information content (AvgIpc) is 2.04. The molecule has 0 aliphatic rings. The molecule has 0 saturated carbocycles. The van der Waals surface area contributed by atoms with Gasteiger partial charge in [0.05, 0.1) is 4.91 Å². The molecule has 0 aromatic heterocycles. The highest BCUT2D eigenvalue weighted by Gasteiger charge is 2.08. The zero-order valence-electron chi connectivity index (χ0n) is 7.60. The van der Waals surface area contributed by atoms with E-state index in [1.54, 1.807) is 19.9 Å². The quantitative estimate of drug-likeness (QED) is 0.411. The first-order chi connectivity index (χ1) is 6.08. The predicted octanol–water partition coefficient (Wildman–Crippen LogP) is 2.39. The van der Waals surface area contributed by atoms with E-state index < -0.39 is 9.84 Å². The van der Waals surface area contributed by atoms with E-state index in [9.17, 15) is 8.42 Å². The highest BCUT2D eigenvalue weighted by Crippen LogP contribution is 2.10. The Bertz CT molecular complexity index is 346. The third-order valence-electron chi connectivity index (χ3n) is 1.21. The molecule has 2 nitrogen and oxygen atoms in total. The van der Waals surface area contributed by atoms with Crippen molar-refractivity contribution in [2.24, 2.45) is 0 Å². The fraction of sp³-hybridized carbons (Fsp3) is 0.222. The second-order valence-electron chi connectivity index (χ2n) is 2.22. The van der Waals surface area contributed by atoms with Crippen LogP contribution in [0.3, 0.4) is 0 Å². The van der Waals surface area contributed by atoms with Crippen molar-refractivity contribution in [3.05, 3.63) is 34.6 Å². The number of thiocarbonyl (C=S) groups is 1. The number of hydrogen-bond donors (Lipinski definition) is 0. The molecule has 0 rings (SSSR count). The van der Waals surface area contributed by atoms with Crippen LogP contribution in [-0.2, 0) is 9.84 Å². The standard InChI is InChI=1S/C9H12O2S2/c1-3-5-9(6-7-12)13(10,11)8-4-2/h3-8H,1-2H3/b5-3-,8-4+,9-6+. The molecular formula is C9H12O2S2. The van der Waals surface area contributed by atoms with E-state index in [0.717, 1.165) is 5.41 Å². The second-order valence-corrected chi connectivity index (χ2v) is 4.33. The summed E-state index contributed by atoms with van der Waals surface area (Å²) in [5.74, 6) is 0. The van der Waals surface area contributed by atoms with Gasteiger partial charge in [0.25, 0.3) is 0 Å². The minimum atomic E-state index is -3.30. The average molecular weight is 216 g/mol. The van der Waals surface area contributed by atoms with Crippen LogP contribution in [0.4, 0.5) is 0 Å². The molecule has 4 heteroatoms. The van der Waals surface area contributed by atoms with Gasteiger partial charge in [-0.05, 0) is 26.0 Å². The highest BCUT2D eigenvalue weighted by atomic mass is 32.2. The molecule has 0 radical (unpaired) electrons. The van der Waals surface area contributed by atoms with E-state index in [2.05, 4.69) is 12.2 Å². The number of allylic oxidation sites excluding steroid dienone is 4. The normalized spacial score (nSPS) is 14.2. The highest BCUT2D eigenvalue weighted by molar-refractivity contribution is 7.98. The molecule has 0 spiro atoms. The predicted molar refractivity (Wildman–Crippen MR) is 60.3 cm³/mol. The molecule has 0 heterocycles. The van der Waals surface area contributed by atoms with Gasteiger partial charge in [-0.15, -0.1) is 0 Å². The number of rotatable bonds is 4. The van der Waals surface area contributed by atoms with Crippen LogP contribution in [0.1, 0.15) is 13.8 Å². The topological polar surface area (TPSA) is 34.1 Å². The maximum Gasteiger partial charge on any atom is 0.199 e.